The third-order valence-electron chi connectivity index (χ3n) is 3.32. The molecule has 1 unspecified atom stereocenters. The van der Waals surface area contributed by atoms with Crippen molar-refractivity contribution in [3.63, 3.8) is 0 Å². The summed E-state index contributed by atoms with van der Waals surface area (Å²) in [6.07, 6.45) is 5.09. The van der Waals surface area contributed by atoms with Crippen molar-refractivity contribution in [3.05, 3.63) is 46.7 Å². The minimum absolute atomic E-state index is 0.384. The molecule has 0 radical (unpaired) electrons. The SMILES string of the molecule is Cn1cc(CNC2CCSc3ccc(Cl)cc32)cn1. The molecular formula is C14H16ClN3S. The van der Waals surface area contributed by atoms with E-state index in [1.54, 1.807) is 0 Å². The third-order valence-corrected chi connectivity index (χ3v) is 4.68. The van der Waals surface area contributed by atoms with Crippen molar-refractivity contribution >= 4 is 23.4 Å². The average Bonchev–Trinajstić information content (AvgIpc) is 2.82. The Bertz CT molecular complexity index is 582. The van der Waals surface area contributed by atoms with Gasteiger partial charge in [-0.05, 0) is 35.9 Å². The van der Waals surface area contributed by atoms with Crippen molar-refractivity contribution in [2.45, 2.75) is 23.9 Å². The Balaban J connectivity index is 1.74. The number of aromatic nitrogens is 2. The lowest BCUT2D eigenvalue weighted by Crippen LogP contribution is -2.24. The maximum atomic E-state index is 6.11. The molecule has 3 nitrogen and oxygen atoms in total. The molecule has 0 fully saturated rings. The van der Waals surface area contributed by atoms with Gasteiger partial charge in [0.15, 0.2) is 0 Å². The van der Waals surface area contributed by atoms with Gasteiger partial charge in [0.1, 0.15) is 0 Å². The van der Waals surface area contributed by atoms with E-state index < -0.39 is 0 Å². The molecule has 2 heterocycles. The summed E-state index contributed by atoms with van der Waals surface area (Å²) in [4.78, 5) is 1.35. The lowest BCUT2D eigenvalue weighted by Gasteiger charge is -2.26. The van der Waals surface area contributed by atoms with Crippen LogP contribution >= 0.6 is 23.4 Å². The van der Waals surface area contributed by atoms with Gasteiger partial charge in [-0.2, -0.15) is 5.10 Å². The molecule has 1 aromatic heterocycles. The largest absolute Gasteiger partial charge is 0.306 e. The Morgan fingerprint density at radius 1 is 1.53 bits per heavy atom. The van der Waals surface area contributed by atoms with Gasteiger partial charge >= 0.3 is 0 Å². The molecule has 1 aliphatic rings. The molecular weight excluding hydrogens is 278 g/mol. The van der Waals surface area contributed by atoms with Crippen LogP contribution in [0, 0.1) is 0 Å². The van der Waals surface area contributed by atoms with Crippen LogP contribution in [0.5, 0.6) is 0 Å². The Kier molecular flexibility index (Phi) is 3.82. The van der Waals surface area contributed by atoms with E-state index in [4.69, 9.17) is 11.6 Å². The Hall–Kier alpha value is -0.970. The smallest absolute Gasteiger partial charge is 0.0534 e. The second-order valence-electron chi connectivity index (χ2n) is 4.78. The van der Waals surface area contributed by atoms with Crippen molar-refractivity contribution in [2.75, 3.05) is 5.75 Å². The van der Waals surface area contributed by atoms with E-state index in [0.717, 1.165) is 23.7 Å². The molecule has 1 atom stereocenters. The summed E-state index contributed by atoms with van der Waals surface area (Å²) in [7, 11) is 1.94. The zero-order chi connectivity index (χ0) is 13.2. The van der Waals surface area contributed by atoms with Crippen molar-refractivity contribution < 1.29 is 0 Å². The van der Waals surface area contributed by atoms with Gasteiger partial charge in [0.25, 0.3) is 0 Å². The molecule has 0 amide bonds. The van der Waals surface area contributed by atoms with Gasteiger partial charge in [0.05, 0.1) is 6.20 Å². The lowest BCUT2D eigenvalue weighted by atomic mass is 10.0. The number of aryl methyl sites for hydroxylation is 1. The zero-order valence-electron chi connectivity index (χ0n) is 10.8. The van der Waals surface area contributed by atoms with Gasteiger partial charge < -0.3 is 5.32 Å². The highest BCUT2D eigenvalue weighted by Gasteiger charge is 2.20. The Morgan fingerprint density at radius 3 is 3.21 bits per heavy atom. The molecule has 1 aliphatic heterocycles. The summed E-state index contributed by atoms with van der Waals surface area (Å²) < 4.78 is 1.83. The molecule has 3 rings (SSSR count). The number of nitrogens with zero attached hydrogens (tertiary/aromatic N) is 2. The molecule has 1 aromatic carbocycles. The quantitative estimate of drug-likeness (QED) is 0.941. The first-order valence-corrected chi connectivity index (χ1v) is 7.72. The highest BCUT2D eigenvalue weighted by molar-refractivity contribution is 7.99. The number of thioether (sulfide) groups is 1. The van der Waals surface area contributed by atoms with E-state index in [1.165, 1.54) is 16.0 Å². The van der Waals surface area contributed by atoms with E-state index in [-0.39, 0.29) is 0 Å². The van der Waals surface area contributed by atoms with E-state index >= 15 is 0 Å². The van der Waals surface area contributed by atoms with E-state index in [0.29, 0.717) is 6.04 Å². The summed E-state index contributed by atoms with van der Waals surface area (Å²) in [6.45, 7) is 0.842. The van der Waals surface area contributed by atoms with Crippen LogP contribution in [0.4, 0.5) is 0 Å². The van der Waals surface area contributed by atoms with Gasteiger partial charge in [0, 0.05) is 41.3 Å². The minimum Gasteiger partial charge on any atom is -0.306 e. The molecule has 19 heavy (non-hydrogen) atoms. The van der Waals surface area contributed by atoms with Crippen LogP contribution in [0.15, 0.2) is 35.5 Å². The number of hydrogen-bond donors (Lipinski definition) is 1. The monoisotopic (exact) mass is 293 g/mol. The highest BCUT2D eigenvalue weighted by atomic mass is 35.5. The van der Waals surface area contributed by atoms with Crippen LogP contribution < -0.4 is 5.32 Å². The first-order chi connectivity index (χ1) is 9.22. The van der Waals surface area contributed by atoms with Gasteiger partial charge in [0.2, 0.25) is 0 Å². The number of hydrogen-bond acceptors (Lipinski definition) is 3. The highest BCUT2D eigenvalue weighted by Crippen LogP contribution is 2.37. The maximum Gasteiger partial charge on any atom is 0.0534 e. The fourth-order valence-corrected chi connectivity index (χ4v) is 3.67. The predicted octanol–water partition coefficient (Wildman–Crippen LogP) is 3.40. The number of nitrogens with one attached hydrogen (secondary N) is 1. The van der Waals surface area contributed by atoms with Gasteiger partial charge in [-0.25, -0.2) is 0 Å². The molecule has 5 heteroatoms. The van der Waals surface area contributed by atoms with Crippen molar-refractivity contribution in [2.24, 2.45) is 7.05 Å². The molecule has 0 spiro atoms. The predicted molar refractivity (Wildman–Crippen MR) is 79.6 cm³/mol. The van der Waals surface area contributed by atoms with E-state index in [1.807, 2.05) is 42.0 Å². The average molecular weight is 294 g/mol. The van der Waals surface area contributed by atoms with Gasteiger partial charge in [-0.15, -0.1) is 11.8 Å². The molecule has 0 saturated carbocycles. The normalized spacial score (nSPS) is 18.3. The second kappa shape index (κ2) is 5.57. The third kappa shape index (κ3) is 2.96. The van der Waals surface area contributed by atoms with Crippen LogP contribution in [-0.2, 0) is 13.6 Å². The molecule has 0 bridgehead atoms. The van der Waals surface area contributed by atoms with Crippen LogP contribution in [0.25, 0.3) is 0 Å². The summed E-state index contributed by atoms with van der Waals surface area (Å²) in [6, 6.07) is 6.57. The number of rotatable bonds is 3. The van der Waals surface area contributed by atoms with Crippen molar-refractivity contribution in [1.82, 2.24) is 15.1 Å². The molecule has 0 saturated heterocycles. The fraction of sp³-hybridized carbons (Fsp3) is 0.357. The summed E-state index contributed by atoms with van der Waals surface area (Å²) in [5.41, 5.74) is 2.54. The minimum atomic E-state index is 0.384. The number of benzene rings is 1. The van der Waals surface area contributed by atoms with Crippen molar-refractivity contribution in [1.29, 1.82) is 0 Å². The molecule has 1 N–H and O–H groups in total. The summed E-state index contributed by atoms with van der Waals surface area (Å²) in [5, 5.41) is 8.61. The first-order valence-electron chi connectivity index (χ1n) is 6.35. The Morgan fingerprint density at radius 2 is 2.42 bits per heavy atom. The number of halogens is 1. The summed E-state index contributed by atoms with van der Waals surface area (Å²) in [5.74, 6) is 1.15. The van der Waals surface area contributed by atoms with Crippen LogP contribution in [-0.4, -0.2) is 15.5 Å². The van der Waals surface area contributed by atoms with Crippen molar-refractivity contribution in [3.8, 4) is 0 Å². The van der Waals surface area contributed by atoms with Crippen LogP contribution in [0.2, 0.25) is 5.02 Å². The second-order valence-corrected chi connectivity index (χ2v) is 6.35. The molecule has 2 aromatic rings. The standard InChI is InChI=1S/C14H16ClN3S/c1-18-9-10(8-17-18)7-16-13-4-5-19-14-3-2-11(15)6-12(13)14/h2-3,6,8-9,13,16H,4-5,7H2,1H3. The molecule has 0 aliphatic carbocycles. The Labute approximate surface area is 122 Å². The van der Waals surface area contributed by atoms with Gasteiger partial charge in [-0.1, -0.05) is 11.6 Å². The topological polar surface area (TPSA) is 29.9 Å². The fourth-order valence-electron chi connectivity index (χ4n) is 2.38. The van der Waals surface area contributed by atoms with Crippen LogP contribution in [0.3, 0.4) is 0 Å². The number of fused-ring (bicyclic) bond motifs is 1. The van der Waals surface area contributed by atoms with E-state index in [2.05, 4.69) is 22.5 Å². The summed E-state index contributed by atoms with van der Waals surface area (Å²) >= 11 is 8.02. The lowest BCUT2D eigenvalue weighted by molar-refractivity contribution is 0.510. The van der Waals surface area contributed by atoms with Gasteiger partial charge in [-0.3, -0.25) is 4.68 Å². The van der Waals surface area contributed by atoms with E-state index in [9.17, 15) is 0 Å². The maximum absolute atomic E-state index is 6.11. The van der Waals surface area contributed by atoms with Crippen LogP contribution in [0.1, 0.15) is 23.6 Å². The molecule has 100 valence electrons. The zero-order valence-corrected chi connectivity index (χ0v) is 12.3. The first kappa shape index (κ1) is 13.0.